The van der Waals surface area contributed by atoms with Crippen LogP contribution in [0.5, 0.6) is 0 Å². The van der Waals surface area contributed by atoms with Gasteiger partial charge in [0.15, 0.2) is 15.9 Å². The molecule has 1 saturated heterocycles. The lowest BCUT2D eigenvalue weighted by Crippen LogP contribution is -2.48. The number of carbonyl (C=O) groups excluding carboxylic acids is 2. The van der Waals surface area contributed by atoms with Crippen molar-refractivity contribution in [2.45, 2.75) is 56.6 Å². The van der Waals surface area contributed by atoms with Gasteiger partial charge in [0.25, 0.3) is 5.91 Å². The lowest BCUT2D eigenvalue weighted by atomic mass is 9.99. The first-order valence-electron chi connectivity index (χ1n) is 8.55. The summed E-state index contributed by atoms with van der Waals surface area (Å²) in [6.07, 6.45) is 4.19. The van der Waals surface area contributed by atoms with Crippen molar-refractivity contribution in [1.82, 2.24) is 4.90 Å². The number of likely N-dealkylation sites (tertiary alicyclic amines) is 1. The molecule has 1 aliphatic rings. The normalized spacial score (nSPS) is 19.3. The second-order valence-electron chi connectivity index (χ2n) is 6.43. The van der Waals surface area contributed by atoms with Crippen molar-refractivity contribution in [3.63, 3.8) is 0 Å². The summed E-state index contributed by atoms with van der Waals surface area (Å²) in [7, 11) is -3.32. The first-order chi connectivity index (χ1) is 11.7. The Kier molecular flexibility index (Phi) is 6.21. The van der Waals surface area contributed by atoms with Gasteiger partial charge in [0.2, 0.25) is 0 Å². The Morgan fingerprint density at radius 2 is 1.88 bits per heavy atom. The third kappa shape index (κ3) is 4.81. The van der Waals surface area contributed by atoms with Crippen molar-refractivity contribution >= 4 is 21.7 Å². The molecule has 0 aliphatic carbocycles. The van der Waals surface area contributed by atoms with E-state index in [9.17, 15) is 18.0 Å². The van der Waals surface area contributed by atoms with Crippen LogP contribution in [0.15, 0.2) is 29.2 Å². The highest BCUT2D eigenvalue weighted by Gasteiger charge is 2.30. The lowest BCUT2D eigenvalue weighted by molar-refractivity contribution is -0.143. The van der Waals surface area contributed by atoms with E-state index in [-0.39, 0.29) is 22.4 Å². The zero-order valence-corrected chi connectivity index (χ0v) is 15.7. The van der Waals surface area contributed by atoms with Gasteiger partial charge in [-0.1, -0.05) is 6.92 Å². The summed E-state index contributed by atoms with van der Waals surface area (Å²) in [4.78, 5) is 26.7. The van der Waals surface area contributed by atoms with Crippen LogP contribution in [0, 0.1) is 0 Å². The Hall–Kier alpha value is -1.89. The van der Waals surface area contributed by atoms with Crippen LogP contribution in [0.1, 0.15) is 49.9 Å². The molecule has 6 nitrogen and oxygen atoms in total. The minimum absolute atomic E-state index is 0.132. The molecule has 7 heteroatoms. The lowest BCUT2D eigenvalue weighted by Gasteiger charge is -2.36. The number of amides is 1. The van der Waals surface area contributed by atoms with Gasteiger partial charge < -0.3 is 9.64 Å². The van der Waals surface area contributed by atoms with Crippen LogP contribution in [-0.4, -0.2) is 50.1 Å². The molecule has 0 bridgehead atoms. The van der Waals surface area contributed by atoms with Crippen molar-refractivity contribution in [3.05, 3.63) is 29.8 Å². The molecule has 0 spiro atoms. The molecular formula is C18H25NO5S. The van der Waals surface area contributed by atoms with Gasteiger partial charge in [-0.25, -0.2) is 13.2 Å². The summed E-state index contributed by atoms with van der Waals surface area (Å²) in [5.74, 6) is -0.807. The van der Waals surface area contributed by atoms with Crippen molar-refractivity contribution in [1.29, 1.82) is 0 Å². The highest BCUT2D eigenvalue weighted by atomic mass is 32.2. The average molecular weight is 367 g/mol. The first-order valence-corrected chi connectivity index (χ1v) is 10.4. The minimum Gasteiger partial charge on any atom is -0.449 e. The predicted molar refractivity (Wildman–Crippen MR) is 94.1 cm³/mol. The molecule has 0 saturated carbocycles. The first kappa shape index (κ1) is 19.4. The number of carbonyl (C=O) groups is 2. The molecule has 25 heavy (non-hydrogen) atoms. The van der Waals surface area contributed by atoms with Gasteiger partial charge >= 0.3 is 5.97 Å². The standard InChI is InChI=1S/C18H25NO5S/c1-4-15-7-5-6-12-19(15)17(20)13(2)24-18(21)14-8-10-16(11-9-14)25(3,22)23/h8-11,13,15H,4-7,12H2,1-3H3/t13-,15+/m0/s1. The highest BCUT2D eigenvalue weighted by Crippen LogP contribution is 2.21. The Morgan fingerprint density at radius 1 is 1.24 bits per heavy atom. The fraction of sp³-hybridized carbons (Fsp3) is 0.556. The van der Waals surface area contributed by atoms with E-state index in [1.807, 2.05) is 4.90 Å². The van der Waals surface area contributed by atoms with Crippen LogP contribution >= 0.6 is 0 Å². The van der Waals surface area contributed by atoms with Gasteiger partial charge in [-0.05, 0) is 56.9 Å². The molecule has 1 aromatic carbocycles. The Morgan fingerprint density at radius 3 is 2.44 bits per heavy atom. The maximum atomic E-state index is 12.6. The molecule has 1 heterocycles. The van der Waals surface area contributed by atoms with Gasteiger partial charge in [0.05, 0.1) is 10.5 Å². The summed E-state index contributed by atoms with van der Waals surface area (Å²) in [5, 5.41) is 0. The van der Waals surface area contributed by atoms with E-state index in [2.05, 4.69) is 6.92 Å². The van der Waals surface area contributed by atoms with Crippen LogP contribution in [0.4, 0.5) is 0 Å². The van der Waals surface area contributed by atoms with E-state index in [1.165, 1.54) is 24.3 Å². The summed E-state index contributed by atoms with van der Waals surface area (Å²) >= 11 is 0. The molecule has 2 rings (SSSR count). The summed E-state index contributed by atoms with van der Waals surface area (Å²) in [6.45, 7) is 4.32. The SMILES string of the molecule is CC[C@@H]1CCCCN1C(=O)[C@H](C)OC(=O)c1ccc(S(C)(=O)=O)cc1. The number of rotatable bonds is 5. The van der Waals surface area contributed by atoms with Crippen molar-refractivity contribution in [3.8, 4) is 0 Å². The van der Waals surface area contributed by atoms with Gasteiger partial charge in [0, 0.05) is 18.8 Å². The fourth-order valence-electron chi connectivity index (χ4n) is 3.07. The molecule has 1 amide bonds. The zero-order valence-electron chi connectivity index (χ0n) is 14.9. The Labute approximate surface area is 149 Å². The van der Waals surface area contributed by atoms with Crippen molar-refractivity contribution in [2.24, 2.45) is 0 Å². The monoisotopic (exact) mass is 367 g/mol. The summed E-state index contributed by atoms with van der Waals surface area (Å²) in [5.41, 5.74) is 0.220. The summed E-state index contributed by atoms with van der Waals surface area (Å²) in [6, 6.07) is 5.71. The number of hydrogen-bond acceptors (Lipinski definition) is 5. The minimum atomic E-state index is -3.32. The van der Waals surface area contributed by atoms with E-state index in [4.69, 9.17) is 4.74 Å². The molecule has 1 fully saturated rings. The fourth-order valence-corrected chi connectivity index (χ4v) is 3.70. The maximum Gasteiger partial charge on any atom is 0.338 e. The zero-order chi connectivity index (χ0) is 18.6. The number of sulfone groups is 1. The molecule has 0 radical (unpaired) electrons. The molecule has 0 aromatic heterocycles. The van der Waals surface area contributed by atoms with Crippen LogP contribution in [0.25, 0.3) is 0 Å². The van der Waals surface area contributed by atoms with Gasteiger partial charge in [0.1, 0.15) is 0 Å². The van der Waals surface area contributed by atoms with Crippen LogP contribution in [-0.2, 0) is 19.4 Å². The quantitative estimate of drug-likeness (QED) is 0.747. The van der Waals surface area contributed by atoms with Gasteiger partial charge in [-0.15, -0.1) is 0 Å². The third-order valence-electron chi connectivity index (χ3n) is 4.53. The Bertz CT molecular complexity index is 726. The number of nitrogens with zero attached hydrogens (tertiary/aromatic N) is 1. The van der Waals surface area contributed by atoms with Gasteiger partial charge in [-0.3, -0.25) is 4.79 Å². The molecule has 0 unspecified atom stereocenters. The molecule has 0 N–H and O–H groups in total. The van der Waals surface area contributed by atoms with Crippen LogP contribution < -0.4 is 0 Å². The maximum absolute atomic E-state index is 12.6. The van der Waals surface area contributed by atoms with Crippen LogP contribution in [0.3, 0.4) is 0 Å². The second kappa shape index (κ2) is 7.99. The number of esters is 1. The van der Waals surface area contributed by atoms with Gasteiger partial charge in [-0.2, -0.15) is 0 Å². The number of piperidine rings is 1. The Balaban J connectivity index is 2.02. The predicted octanol–water partition coefficient (Wildman–Crippen LogP) is 2.43. The molecule has 1 aliphatic heterocycles. The summed E-state index contributed by atoms with van der Waals surface area (Å²) < 4.78 is 28.2. The number of hydrogen-bond donors (Lipinski definition) is 0. The van der Waals surface area contributed by atoms with E-state index in [1.54, 1.807) is 6.92 Å². The van der Waals surface area contributed by atoms with E-state index in [0.29, 0.717) is 6.54 Å². The van der Waals surface area contributed by atoms with E-state index < -0.39 is 21.9 Å². The second-order valence-corrected chi connectivity index (χ2v) is 8.45. The smallest absolute Gasteiger partial charge is 0.338 e. The number of ether oxygens (including phenoxy) is 1. The van der Waals surface area contributed by atoms with Crippen molar-refractivity contribution < 1.29 is 22.7 Å². The third-order valence-corrected chi connectivity index (χ3v) is 5.66. The molecule has 2 atom stereocenters. The topological polar surface area (TPSA) is 80.8 Å². The molecule has 1 aromatic rings. The highest BCUT2D eigenvalue weighted by molar-refractivity contribution is 7.90. The number of benzene rings is 1. The van der Waals surface area contributed by atoms with E-state index in [0.717, 1.165) is 31.9 Å². The van der Waals surface area contributed by atoms with E-state index >= 15 is 0 Å². The molecule has 138 valence electrons. The largest absolute Gasteiger partial charge is 0.449 e. The molecular weight excluding hydrogens is 342 g/mol. The average Bonchev–Trinajstić information content (AvgIpc) is 2.60. The van der Waals surface area contributed by atoms with Crippen LogP contribution in [0.2, 0.25) is 0 Å². The van der Waals surface area contributed by atoms with Crippen molar-refractivity contribution in [2.75, 3.05) is 12.8 Å².